The minimum Gasteiger partial charge on any atom is -0.468 e. The van der Waals surface area contributed by atoms with E-state index in [2.05, 4.69) is 10.3 Å². The van der Waals surface area contributed by atoms with Crippen molar-refractivity contribution >= 4 is 22.5 Å². The number of carbonyl (C=O) groups is 1. The number of nitrogens with one attached hydrogen (secondary N) is 1. The van der Waals surface area contributed by atoms with Crippen LogP contribution in [0.15, 0.2) is 59.3 Å². The average Bonchev–Trinajstić information content (AvgIpc) is 3.07. The zero-order chi connectivity index (χ0) is 16.2. The number of fused-ring (bicyclic) bond motifs is 1. The quantitative estimate of drug-likeness (QED) is 0.785. The van der Waals surface area contributed by atoms with Crippen molar-refractivity contribution in [1.29, 1.82) is 0 Å². The van der Waals surface area contributed by atoms with Crippen molar-refractivity contribution in [1.82, 2.24) is 9.88 Å². The molecule has 0 bridgehead atoms. The van der Waals surface area contributed by atoms with Crippen LogP contribution in [0.1, 0.15) is 12.7 Å². The number of aromatic nitrogens is 1. The Kier molecular flexibility index (Phi) is 4.39. The zero-order valence-corrected chi connectivity index (χ0v) is 13.2. The molecule has 0 aliphatic rings. The first-order chi connectivity index (χ1) is 11.1. The number of nitrogens with zero attached hydrogens (tertiary/aromatic N) is 2. The van der Waals surface area contributed by atoms with Gasteiger partial charge in [-0.3, -0.25) is 14.7 Å². The second-order valence-corrected chi connectivity index (χ2v) is 5.54. The van der Waals surface area contributed by atoms with Crippen LogP contribution in [0, 0.1) is 0 Å². The third-order valence-corrected chi connectivity index (χ3v) is 3.93. The maximum absolute atomic E-state index is 12.5. The first-order valence-electron chi connectivity index (χ1n) is 7.52. The number of hydrogen-bond acceptors (Lipinski definition) is 4. The van der Waals surface area contributed by atoms with Crippen LogP contribution >= 0.6 is 0 Å². The van der Waals surface area contributed by atoms with Gasteiger partial charge in [0.15, 0.2) is 0 Å². The molecule has 1 unspecified atom stereocenters. The summed E-state index contributed by atoms with van der Waals surface area (Å²) in [6.07, 6.45) is 3.38. The van der Waals surface area contributed by atoms with Gasteiger partial charge < -0.3 is 9.73 Å². The van der Waals surface area contributed by atoms with Gasteiger partial charge in [-0.2, -0.15) is 0 Å². The molecule has 23 heavy (non-hydrogen) atoms. The molecule has 0 saturated heterocycles. The molecule has 2 aromatic heterocycles. The van der Waals surface area contributed by atoms with Gasteiger partial charge in [-0.15, -0.1) is 0 Å². The molecule has 0 aliphatic carbocycles. The number of hydrogen-bond donors (Lipinski definition) is 1. The molecule has 0 saturated carbocycles. The number of benzene rings is 1. The van der Waals surface area contributed by atoms with Crippen LogP contribution < -0.4 is 5.32 Å². The molecule has 0 fully saturated rings. The van der Waals surface area contributed by atoms with Crippen molar-refractivity contribution in [2.24, 2.45) is 0 Å². The van der Waals surface area contributed by atoms with Gasteiger partial charge in [0.05, 0.1) is 30.1 Å². The van der Waals surface area contributed by atoms with Crippen molar-refractivity contribution in [3.63, 3.8) is 0 Å². The molecule has 3 rings (SSSR count). The lowest BCUT2D eigenvalue weighted by Gasteiger charge is -2.23. The molecule has 0 spiro atoms. The number of likely N-dealkylation sites (N-methyl/N-ethyl adjacent to an activating group) is 1. The van der Waals surface area contributed by atoms with Crippen LogP contribution in [0.3, 0.4) is 0 Å². The lowest BCUT2D eigenvalue weighted by atomic mass is 10.1. The normalized spacial score (nSPS) is 12.5. The highest BCUT2D eigenvalue weighted by atomic mass is 16.3. The van der Waals surface area contributed by atoms with Crippen LogP contribution in [0.2, 0.25) is 0 Å². The first kappa shape index (κ1) is 15.2. The monoisotopic (exact) mass is 309 g/mol. The van der Waals surface area contributed by atoms with Crippen molar-refractivity contribution in [2.75, 3.05) is 12.4 Å². The number of anilines is 1. The van der Waals surface area contributed by atoms with Crippen LogP contribution in [0.4, 0.5) is 5.69 Å². The van der Waals surface area contributed by atoms with Gasteiger partial charge >= 0.3 is 0 Å². The van der Waals surface area contributed by atoms with Crippen LogP contribution in [0.5, 0.6) is 0 Å². The SMILES string of the molecule is CC(C(=O)Nc1cccc2ncccc12)N(C)Cc1ccco1. The maximum Gasteiger partial charge on any atom is 0.241 e. The summed E-state index contributed by atoms with van der Waals surface area (Å²) < 4.78 is 5.33. The van der Waals surface area contributed by atoms with E-state index in [9.17, 15) is 4.79 Å². The van der Waals surface area contributed by atoms with Crippen molar-refractivity contribution < 1.29 is 9.21 Å². The van der Waals surface area contributed by atoms with Gasteiger partial charge in [-0.25, -0.2) is 0 Å². The van der Waals surface area contributed by atoms with E-state index in [0.29, 0.717) is 6.54 Å². The highest BCUT2D eigenvalue weighted by Gasteiger charge is 2.19. The van der Waals surface area contributed by atoms with Crippen LogP contribution in [0.25, 0.3) is 10.9 Å². The van der Waals surface area contributed by atoms with E-state index in [1.807, 2.05) is 61.3 Å². The van der Waals surface area contributed by atoms with Gasteiger partial charge in [0.2, 0.25) is 5.91 Å². The molecule has 0 aliphatic heterocycles. The molecule has 2 heterocycles. The number of carbonyl (C=O) groups excluding carboxylic acids is 1. The lowest BCUT2D eigenvalue weighted by Crippen LogP contribution is -2.39. The Labute approximate surface area is 134 Å². The van der Waals surface area contributed by atoms with Crippen LogP contribution in [-0.4, -0.2) is 28.9 Å². The van der Waals surface area contributed by atoms with E-state index in [4.69, 9.17) is 4.42 Å². The summed E-state index contributed by atoms with van der Waals surface area (Å²) in [5.41, 5.74) is 1.64. The summed E-state index contributed by atoms with van der Waals surface area (Å²) in [5.74, 6) is 0.775. The standard InChI is InChI=1S/C18H19N3O2/c1-13(21(2)12-14-6-5-11-23-14)18(22)20-17-9-3-8-16-15(17)7-4-10-19-16/h3-11,13H,12H2,1-2H3,(H,20,22). The van der Waals surface area contributed by atoms with E-state index in [1.165, 1.54) is 0 Å². The molecule has 3 aromatic rings. The van der Waals surface area contributed by atoms with Gasteiger partial charge in [0.1, 0.15) is 5.76 Å². The maximum atomic E-state index is 12.5. The number of pyridine rings is 1. The summed E-state index contributed by atoms with van der Waals surface area (Å²) in [5, 5.41) is 3.93. The Hall–Kier alpha value is -2.66. The highest BCUT2D eigenvalue weighted by Crippen LogP contribution is 2.21. The third kappa shape index (κ3) is 3.40. The molecule has 1 atom stereocenters. The lowest BCUT2D eigenvalue weighted by molar-refractivity contribution is -0.120. The average molecular weight is 309 g/mol. The van der Waals surface area contributed by atoms with Crippen molar-refractivity contribution in [3.05, 3.63) is 60.7 Å². The van der Waals surface area contributed by atoms with E-state index in [1.54, 1.807) is 12.5 Å². The molecule has 118 valence electrons. The summed E-state index contributed by atoms with van der Waals surface area (Å²) in [6.45, 7) is 2.46. The smallest absolute Gasteiger partial charge is 0.241 e. The van der Waals surface area contributed by atoms with Crippen molar-refractivity contribution in [2.45, 2.75) is 19.5 Å². The number of rotatable bonds is 5. The molecular weight excluding hydrogens is 290 g/mol. The molecule has 1 aromatic carbocycles. The molecule has 0 radical (unpaired) electrons. The number of amides is 1. The summed E-state index contributed by atoms with van der Waals surface area (Å²) in [4.78, 5) is 18.8. The molecule has 5 heteroatoms. The van der Waals surface area contributed by atoms with Gasteiger partial charge in [0.25, 0.3) is 0 Å². The Bertz CT molecular complexity index is 794. The fourth-order valence-electron chi connectivity index (χ4n) is 2.43. The summed E-state index contributed by atoms with van der Waals surface area (Å²) in [7, 11) is 1.90. The van der Waals surface area contributed by atoms with E-state index < -0.39 is 0 Å². The van der Waals surface area contributed by atoms with Crippen molar-refractivity contribution in [3.8, 4) is 0 Å². The fraction of sp³-hybridized carbons (Fsp3) is 0.222. The molecular formula is C18H19N3O2. The van der Waals surface area contributed by atoms with Crippen LogP contribution in [-0.2, 0) is 11.3 Å². The Morgan fingerprint density at radius 1 is 1.26 bits per heavy atom. The van der Waals surface area contributed by atoms with Gasteiger partial charge in [-0.05, 0) is 50.4 Å². The zero-order valence-electron chi connectivity index (χ0n) is 13.2. The first-order valence-corrected chi connectivity index (χ1v) is 7.52. The highest BCUT2D eigenvalue weighted by molar-refractivity contribution is 6.02. The Morgan fingerprint density at radius 3 is 2.91 bits per heavy atom. The second kappa shape index (κ2) is 6.62. The Morgan fingerprint density at radius 2 is 2.13 bits per heavy atom. The molecule has 1 N–H and O–H groups in total. The van der Waals surface area contributed by atoms with E-state index in [-0.39, 0.29) is 11.9 Å². The van der Waals surface area contributed by atoms with Gasteiger partial charge in [-0.1, -0.05) is 6.07 Å². The topological polar surface area (TPSA) is 58.4 Å². The summed E-state index contributed by atoms with van der Waals surface area (Å²) >= 11 is 0. The summed E-state index contributed by atoms with van der Waals surface area (Å²) in [6, 6.07) is 13.0. The minimum atomic E-state index is -0.285. The Balaban J connectivity index is 1.72. The molecule has 1 amide bonds. The largest absolute Gasteiger partial charge is 0.468 e. The van der Waals surface area contributed by atoms with E-state index in [0.717, 1.165) is 22.4 Å². The predicted molar refractivity (Wildman–Crippen MR) is 90.0 cm³/mol. The molecule has 5 nitrogen and oxygen atoms in total. The van der Waals surface area contributed by atoms with Gasteiger partial charge in [0, 0.05) is 11.6 Å². The predicted octanol–water partition coefficient (Wildman–Crippen LogP) is 3.29. The minimum absolute atomic E-state index is 0.0598. The fourth-order valence-corrected chi connectivity index (χ4v) is 2.43. The second-order valence-electron chi connectivity index (χ2n) is 5.54. The van der Waals surface area contributed by atoms with E-state index >= 15 is 0 Å². The third-order valence-electron chi connectivity index (χ3n) is 3.93. The number of furan rings is 1.